The smallest absolute Gasteiger partial charge is 0.0341 e. The fourth-order valence-corrected chi connectivity index (χ4v) is 4.64. The molecule has 2 heteroatoms. The van der Waals surface area contributed by atoms with Gasteiger partial charge in [0.05, 0.1) is 0 Å². The minimum absolute atomic E-state index is 0.586. The van der Waals surface area contributed by atoms with Crippen LogP contribution in [-0.4, -0.2) is 11.8 Å². The Bertz CT molecular complexity index is 417. The molecule has 3 atom stereocenters. The molecule has 1 nitrogen and oxygen atoms in total. The van der Waals surface area contributed by atoms with E-state index in [1.54, 1.807) is 0 Å². The maximum absolute atomic E-state index is 3.99. The lowest BCUT2D eigenvalue weighted by Gasteiger charge is -2.32. The minimum Gasteiger partial charge on any atom is -0.307 e. The van der Waals surface area contributed by atoms with Gasteiger partial charge in [-0.15, -0.1) is 11.8 Å². The van der Waals surface area contributed by atoms with Gasteiger partial charge in [-0.25, -0.2) is 0 Å². The molecule has 1 fully saturated rings. The van der Waals surface area contributed by atoms with Gasteiger partial charge in [-0.3, -0.25) is 0 Å². The van der Waals surface area contributed by atoms with E-state index in [0.29, 0.717) is 6.04 Å². The van der Waals surface area contributed by atoms with Crippen LogP contribution >= 0.6 is 11.8 Å². The molecule has 2 aliphatic rings. The van der Waals surface area contributed by atoms with Gasteiger partial charge >= 0.3 is 0 Å². The summed E-state index contributed by atoms with van der Waals surface area (Å²) in [6.45, 7) is 2.44. The number of nitrogens with one attached hydrogen (secondary N) is 1. The predicted molar refractivity (Wildman–Crippen MR) is 83.7 cm³/mol. The van der Waals surface area contributed by atoms with Crippen molar-refractivity contribution in [2.45, 2.75) is 62.4 Å². The van der Waals surface area contributed by atoms with Crippen LogP contribution in [0.2, 0.25) is 0 Å². The number of fused-ring (bicyclic) bond motifs is 1. The highest BCUT2D eigenvalue weighted by molar-refractivity contribution is 7.99. The second-order valence-electron chi connectivity index (χ2n) is 6.12. The van der Waals surface area contributed by atoms with E-state index < -0.39 is 0 Å². The second-order valence-corrected chi connectivity index (χ2v) is 7.25. The first-order chi connectivity index (χ1) is 9.34. The van der Waals surface area contributed by atoms with E-state index in [1.807, 2.05) is 11.8 Å². The molecule has 1 N–H and O–H groups in total. The van der Waals surface area contributed by atoms with Crippen LogP contribution in [0.1, 0.15) is 57.1 Å². The molecule has 1 saturated carbocycles. The highest BCUT2D eigenvalue weighted by Gasteiger charge is 2.26. The van der Waals surface area contributed by atoms with Crippen LogP contribution in [0.5, 0.6) is 0 Å². The van der Waals surface area contributed by atoms with E-state index in [4.69, 9.17) is 0 Å². The Labute approximate surface area is 121 Å². The standard InChI is InChI=1S/C17H25NS/c1-13-7-3-2-4-9-15(13)18-16-11-12-19-17-10-6-5-8-14(16)17/h5-6,8,10,13,15-16,18H,2-4,7,9,11-12H2,1H3. The molecule has 0 radical (unpaired) electrons. The van der Waals surface area contributed by atoms with E-state index in [-0.39, 0.29) is 0 Å². The third kappa shape index (κ3) is 3.17. The van der Waals surface area contributed by atoms with Gasteiger partial charge in [-0.1, -0.05) is 44.4 Å². The maximum Gasteiger partial charge on any atom is 0.0341 e. The van der Waals surface area contributed by atoms with E-state index in [0.717, 1.165) is 12.0 Å². The van der Waals surface area contributed by atoms with Crippen molar-refractivity contribution in [1.29, 1.82) is 0 Å². The molecule has 104 valence electrons. The third-order valence-electron chi connectivity index (χ3n) is 4.74. The summed E-state index contributed by atoms with van der Waals surface area (Å²) >= 11 is 2.02. The van der Waals surface area contributed by atoms with Gasteiger partial charge in [-0.2, -0.15) is 0 Å². The number of thioether (sulfide) groups is 1. The molecular formula is C17H25NS. The lowest BCUT2D eigenvalue weighted by molar-refractivity contribution is 0.316. The molecule has 1 aromatic carbocycles. The summed E-state index contributed by atoms with van der Waals surface area (Å²) in [5, 5.41) is 3.99. The van der Waals surface area contributed by atoms with Gasteiger partial charge in [0.25, 0.3) is 0 Å². The van der Waals surface area contributed by atoms with Gasteiger partial charge in [-0.05, 0) is 42.6 Å². The maximum atomic E-state index is 3.99. The molecule has 19 heavy (non-hydrogen) atoms. The van der Waals surface area contributed by atoms with Gasteiger partial charge in [0.1, 0.15) is 0 Å². The zero-order chi connectivity index (χ0) is 13.1. The fraction of sp³-hybridized carbons (Fsp3) is 0.647. The number of rotatable bonds is 2. The lowest BCUT2D eigenvalue weighted by atomic mass is 9.94. The first kappa shape index (κ1) is 13.5. The molecule has 3 unspecified atom stereocenters. The number of hydrogen-bond donors (Lipinski definition) is 1. The van der Waals surface area contributed by atoms with Crippen LogP contribution < -0.4 is 5.32 Å². The van der Waals surface area contributed by atoms with Crippen LogP contribution in [-0.2, 0) is 0 Å². The van der Waals surface area contributed by atoms with E-state index >= 15 is 0 Å². The zero-order valence-corrected chi connectivity index (χ0v) is 12.7. The average molecular weight is 275 g/mol. The summed E-state index contributed by atoms with van der Waals surface area (Å²) in [7, 11) is 0. The van der Waals surface area contributed by atoms with Crippen LogP contribution in [0.25, 0.3) is 0 Å². The first-order valence-electron chi connectivity index (χ1n) is 7.82. The van der Waals surface area contributed by atoms with Crippen molar-refractivity contribution in [2.75, 3.05) is 5.75 Å². The number of hydrogen-bond acceptors (Lipinski definition) is 2. The molecule has 1 aliphatic heterocycles. The molecule has 0 aromatic heterocycles. The molecule has 0 spiro atoms. The average Bonchev–Trinajstić information content (AvgIpc) is 2.65. The summed E-state index contributed by atoms with van der Waals surface area (Å²) < 4.78 is 0. The van der Waals surface area contributed by atoms with Crippen molar-refractivity contribution in [3.05, 3.63) is 29.8 Å². The normalized spacial score (nSPS) is 31.5. The Morgan fingerprint density at radius 2 is 1.89 bits per heavy atom. The van der Waals surface area contributed by atoms with Crippen molar-refractivity contribution in [1.82, 2.24) is 5.32 Å². The van der Waals surface area contributed by atoms with Gasteiger partial charge in [0.2, 0.25) is 0 Å². The molecule has 3 rings (SSSR count). The summed E-state index contributed by atoms with van der Waals surface area (Å²) in [4.78, 5) is 1.49. The van der Waals surface area contributed by atoms with Gasteiger partial charge < -0.3 is 5.32 Å². The first-order valence-corrected chi connectivity index (χ1v) is 8.81. The molecule has 0 saturated heterocycles. The second kappa shape index (κ2) is 6.32. The quantitative estimate of drug-likeness (QED) is 0.779. The number of benzene rings is 1. The largest absolute Gasteiger partial charge is 0.307 e. The highest BCUT2D eigenvalue weighted by Crippen LogP contribution is 2.37. The molecule has 1 heterocycles. The predicted octanol–water partition coefficient (Wildman–Crippen LogP) is 4.78. The summed E-state index contributed by atoms with van der Waals surface area (Å²) in [6, 6.07) is 10.3. The fourth-order valence-electron chi connectivity index (χ4n) is 3.51. The van der Waals surface area contributed by atoms with E-state index in [9.17, 15) is 0 Å². The van der Waals surface area contributed by atoms with Gasteiger partial charge in [0.15, 0.2) is 0 Å². The Hall–Kier alpha value is -0.470. The third-order valence-corrected chi connectivity index (χ3v) is 5.86. The Kier molecular flexibility index (Phi) is 4.49. The van der Waals surface area contributed by atoms with Crippen LogP contribution in [0.15, 0.2) is 29.2 Å². The molecule has 1 aromatic rings. The SMILES string of the molecule is CC1CCCCCC1NC1CCSc2ccccc21. The van der Waals surface area contributed by atoms with Crippen LogP contribution in [0, 0.1) is 5.92 Å². The zero-order valence-electron chi connectivity index (χ0n) is 11.9. The Morgan fingerprint density at radius 1 is 1.05 bits per heavy atom. The molecular weight excluding hydrogens is 250 g/mol. The van der Waals surface area contributed by atoms with Crippen molar-refractivity contribution in [3.63, 3.8) is 0 Å². The molecule has 0 bridgehead atoms. The van der Waals surface area contributed by atoms with E-state index in [1.165, 1.54) is 54.7 Å². The van der Waals surface area contributed by atoms with Crippen molar-refractivity contribution < 1.29 is 0 Å². The van der Waals surface area contributed by atoms with Crippen molar-refractivity contribution in [2.24, 2.45) is 5.92 Å². The molecule has 0 amide bonds. The summed E-state index contributed by atoms with van der Waals surface area (Å²) in [5.41, 5.74) is 1.54. The van der Waals surface area contributed by atoms with E-state index in [2.05, 4.69) is 36.5 Å². The van der Waals surface area contributed by atoms with Gasteiger partial charge in [0, 0.05) is 17.0 Å². The van der Waals surface area contributed by atoms with Crippen molar-refractivity contribution in [3.8, 4) is 0 Å². The lowest BCUT2D eigenvalue weighted by Crippen LogP contribution is -2.38. The molecule has 1 aliphatic carbocycles. The summed E-state index contributed by atoms with van der Waals surface area (Å²) in [5.74, 6) is 2.10. The topological polar surface area (TPSA) is 12.0 Å². The Morgan fingerprint density at radius 3 is 2.84 bits per heavy atom. The van der Waals surface area contributed by atoms with Crippen LogP contribution in [0.4, 0.5) is 0 Å². The van der Waals surface area contributed by atoms with Crippen LogP contribution in [0.3, 0.4) is 0 Å². The highest BCUT2D eigenvalue weighted by atomic mass is 32.2. The van der Waals surface area contributed by atoms with Crippen molar-refractivity contribution >= 4 is 11.8 Å². The summed E-state index contributed by atoms with van der Waals surface area (Å²) in [6.07, 6.45) is 8.32. The minimum atomic E-state index is 0.586. The Balaban J connectivity index is 1.73. The monoisotopic (exact) mass is 275 g/mol.